The molecule has 0 aliphatic carbocycles. The summed E-state index contributed by atoms with van der Waals surface area (Å²) >= 11 is 1.84. The highest BCUT2D eigenvalue weighted by Crippen LogP contribution is 2.45. The summed E-state index contributed by atoms with van der Waals surface area (Å²) in [6, 6.07) is 64.5. The fraction of sp³-hybridized carbons (Fsp3) is 0. The number of aromatic nitrogens is 4. The van der Waals surface area contributed by atoms with Gasteiger partial charge in [0.1, 0.15) is 11.2 Å². The van der Waals surface area contributed by atoms with Crippen molar-refractivity contribution in [2.45, 2.75) is 0 Å². The van der Waals surface area contributed by atoms with E-state index >= 15 is 0 Å². The van der Waals surface area contributed by atoms with Crippen LogP contribution in [-0.4, -0.2) is 19.5 Å². The molecular weight excluding hydrogens is 741 g/mol. The number of hydrogen-bond donors (Lipinski definition) is 0. The highest BCUT2D eigenvalue weighted by Gasteiger charge is 2.23. The molecule has 0 unspecified atom stereocenters. The van der Waals surface area contributed by atoms with E-state index in [1.54, 1.807) is 0 Å². The molecule has 0 saturated carbocycles. The van der Waals surface area contributed by atoms with Gasteiger partial charge in [-0.25, -0.2) is 4.98 Å². The van der Waals surface area contributed by atoms with Crippen LogP contribution >= 0.6 is 11.3 Å². The number of furan rings is 1. The maximum atomic E-state index is 6.38. The van der Waals surface area contributed by atoms with Crippen LogP contribution in [0.1, 0.15) is 0 Å². The number of nitrogens with zero attached hydrogens (tertiary/aromatic N) is 4. The van der Waals surface area contributed by atoms with Crippen LogP contribution in [-0.2, 0) is 0 Å². The summed E-state index contributed by atoms with van der Waals surface area (Å²) in [5, 5.41) is 11.6. The predicted octanol–water partition coefficient (Wildman–Crippen LogP) is 14.5. The highest BCUT2D eigenvalue weighted by molar-refractivity contribution is 7.25. The van der Waals surface area contributed by atoms with E-state index in [1.807, 2.05) is 29.5 Å². The number of para-hydroxylation sites is 2. The molecule has 59 heavy (non-hydrogen) atoms. The third-order valence-electron chi connectivity index (χ3n) is 11.8. The average molecular weight is 771 g/mol. The standard InChI is InChI=1S/C53H30N4OS/c1-2-12-32-27-35(24-23-31(32)11-1)51-54-52(36-25-26-38-37-15-5-7-20-45(37)58-46(38)30-36)56-53(55-51)57-44-29-34-14-4-3-13-33(34)28-43(44)41-19-9-18-40(50(41)57)39-17-10-22-48-49(39)42-16-6-8-21-47(42)59-48/h1-30H. The second-order valence-electron chi connectivity index (χ2n) is 15.2. The Balaban J connectivity index is 1.15. The Morgan fingerprint density at radius 1 is 0.407 bits per heavy atom. The quantitative estimate of drug-likeness (QED) is 0.179. The van der Waals surface area contributed by atoms with E-state index in [0.717, 1.165) is 76.6 Å². The number of thiophene rings is 1. The summed E-state index contributed by atoms with van der Waals surface area (Å²) in [4.78, 5) is 16.1. The molecule has 4 heterocycles. The molecule has 0 aliphatic rings. The second kappa shape index (κ2) is 12.4. The Morgan fingerprint density at radius 3 is 1.90 bits per heavy atom. The second-order valence-corrected chi connectivity index (χ2v) is 16.3. The summed E-state index contributed by atoms with van der Waals surface area (Å²) in [5.41, 5.74) is 7.79. The minimum absolute atomic E-state index is 0.549. The Kier molecular flexibility index (Phi) is 6.82. The molecule has 0 bridgehead atoms. The molecule has 13 rings (SSSR count). The van der Waals surface area contributed by atoms with Crippen LogP contribution in [0.5, 0.6) is 0 Å². The van der Waals surface area contributed by atoms with Gasteiger partial charge in [0.15, 0.2) is 11.6 Å². The number of benzene rings is 9. The van der Waals surface area contributed by atoms with Gasteiger partial charge in [-0.1, -0.05) is 133 Å². The average Bonchev–Trinajstić information content (AvgIpc) is 3.97. The molecule has 0 fully saturated rings. The van der Waals surface area contributed by atoms with E-state index in [4.69, 9.17) is 19.4 Å². The Bertz CT molecular complexity index is 3870. The first-order valence-corrected chi connectivity index (χ1v) is 20.6. The molecule has 0 saturated heterocycles. The number of rotatable bonds is 4. The lowest BCUT2D eigenvalue weighted by atomic mass is 9.97. The molecule has 4 aromatic heterocycles. The summed E-state index contributed by atoms with van der Waals surface area (Å²) in [5.74, 6) is 1.72. The third-order valence-corrected chi connectivity index (χ3v) is 13.0. The van der Waals surface area contributed by atoms with Gasteiger partial charge < -0.3 is 4.42 Å². The van der Waals surface area contributed by atoms with E-state index < -0.39 is 0 Å². The van der Waals surface area contributed by atoms with E-state index in [-0.39, 0.29) is 0 Å². The van der Waals surface area contributed by atoms with Crippen molar-refractivity contribution >= 4 is 96.8 Å². The smallest absolute Gasteiger partial charge is 0.238 e. The molecule has 0 radical (unpaired) electrons. The van der Waals surface area contributed by atoms with Crippen molar-refractivity contribution in [1.82, 2.24) is 19.5 Å². The number of fused-ring (bicyclic) bond motifs is 11. The van der Waals surface area contributed by atoms with Gasteiger partial charge in [0, 0.05) is 58.4 Å². The lowest BCUT2D eigenvalue weighted by molar-refractivity contribution is 0.669. The van der Waals surface area contributed by atoms with Gasteiger partial charge in [0.05, 0.1) is 11.0 Å². The monoisotopic (exact) mass is 770 g/mol. The molecule has 5 nitrogen and oxygen atoms in total. The van der Waals surface area contributed by atoms with Crippen LogP contribution in [0.25, 0.3) is 125 Å². The van der Waals surface area contributed by atoms with Crippen molar-refractivity contribution in [2.24, 2.45) is 0 Å². The lowest BCUT2D eigenvalue weighted by Crippen LogP contribution is -2.07. The minimum Gasteiger partial charge on any atom is -0.456 e. The van der Waals surface area contributed by atoms with Gasteiger partial charge in [-0.3, -0.25) is 4.57 Å². The lowest BCUT2D eigenvalue weighted by Gasteiger charge is -2.14. The molecule has 6 heteroatoms. The van der Waals surface area contributed by atoms with Crippen LogP contribution < -0.4 is 0 Å². The van der Waals surface area contributed by atoms with Crippen LogP contribution in [0, 0.1) is 0 Å². The fourth-order valence-electron chi connectivity index (χ4n) is 9.09. The maximum Gasteiger partial charge on any atom is 0.238 e. The first-order chi connectivity index (χ1) is 29.2. The van der Waals surface area contributed by atoms with Crippen molar-refractivity contribution in [1.29, 1.82) is 0 Å². The van der Waals surface area contributed by atoms with Gasteiger partial charge in [0.2, 0.25) is 5.95 Å². The van der Waals surface area contributed by atoms with E-state index in [0.29, 0.717) is 17.6 Å². The zero-order valence-corrected chi connectivity index (χ0v) is 32.2. The summed E-state index contributed by atoms with van der Waals surface area (Å²) in [6.45, 7) is 0. The minimum atomic E-state index is 0.549. The van der Waals surface area contributed by atoms with Crippen LogP contribution in [0.3, 0.4) is 0 Å². The van der Waals surface area contributed by atoms with Gasteiger partial charge in [-0.15, -0.1) is 11.3 Å². The zero-order valence-electron chi connectivity index (χ0n) is 31.4. The largest absolute Gasteiger partial charge is 0.456 e. The predicted molar refractivity (Wildman–Crippen MR) is 246 cm³/mol. The normalized spacial score (nSPS) is 12.1. The zero-order chi connectivity index (χ0) is 38.6. The number of hydrogen-bond acceptors (Lipinski definition) is 5. The fourth-order valence-corrected chi connectivity index (χ4v) is 10.2. The van der Waals surface area contributed by atoms with Gasteiger partial charge in [0.25, 0.3) is 0 Å². The van der Waals surface area contributed by atoms with Crippen molar-refractivity contribution in [3.05, 3.63) is 182 Å². The van der Waals surface area contributed by atoms with Gasteiger partial charge in [-0.2, -0.15) is 9.97 Å². The first-order valence-electron chi connectivity index (χ1n) is 19.8. The van der Waals surface area contributed by atoms with E-state index in [9.17, 15) is 0 Å². The van der Waals surface area contributed by atoms with Gasteiger partial charge >= 0.3 is 0 Å². The topological polar surface area (TPSA) is 56.7 Å². The molecule has 13 aromatic rings. The maximum absolute atomic E-state index is 6.38. The van der Waals surface area contributed by atoms with Crippen molar-refractivity contribution < 1.29 is 4.42 Å². The molecule has 0 N–H and O–H groups in total. The summed E-state index contributed by atoms with van der Waals surface area (Å²) in [6.07, 6.45) is 0. The molecule has 274 valence electrons. The molecule has 0 spiro atoms. The first kappa shape index (κ1) is 32.4. The highest BCUT2D eigenvalue weighted by atomic mass is 32.1. The summed E-state index contributed by atoms with van der Waals surface area (Å²) in [7, 11) is 0. The SMILES string of the molecule is c1ccc2cc(-c3nc(-c4ccc5c(c4)oc4ccccc45)nc(-n4c5cc6ccccc6cc5c5cccc(-c6cccc7sc8ccccc8c67)c54)n3)ccc2c1. The Morgan fingerprint density at radius 2 is 1.03 bits per heavy atom. The molecule has 0 amide bonds. The van der Waals surface area contributed by atoms with Crippen LogP contribution in [0.2, 0.25) is 0 Å². The Labute approximate surface area is 341 Å². The summed E-state index contributed by atoms with van der Waals surface area (Å²) < 4.78 is 11.2. The Hall–Kier alpha value is -7.67. The van der Waals surface area contributed by atoms with Crippen LogP contribution in [0.4, 0.5) is 0 Å². The molecular formula is C53H30N4OS. The van der Waals surface area contributed by atoms with Crippen LogP contribution in [0.15, 0.2) is 186 Å². The molecule has 9 aromatic carbocycles. The van der Waals surface area contributed by atoms with Crippen molar-refractivity contribution in [3.8, 4) is 39.9 Å². The van der Waals surface area contributed by atoms with Gasteiger partial charge in [-0.05, 0) is 75.6 Å². The van der Waals surface area contributed by atoms with E-state index in [1.165, 1.54) is 31.1 Å². The van der Waals surface area contributed by atoms with Crippen molar-refractivity contribution in [2.75, 3.05) is 0 Å². The molecule has 0 atom stereocenters. The third kappa shape index (κ3) is 4.94. The van der Waals surface area contributed by atoms with Crippen molar-refractivity contribution in [3.63, 3.8) is 0 Å². The van der Waals surface area contributed by atoms with E-state index in [2.05, 4.69) is 168 Å². The molecule has 0 aliphatic heterocycles.